The van der Waals surface area contributed by atoms with Crippen molar-refractivity contribution in [1.29, 1.82) is 0 Å². The van der Waals surface area contributed by atoms with Crippen molar-refractivity contribution >= 4 is 23.4 Å². The summed E-state index contributed by atoms with van der Waals surface area (Å²) >= 11 is 0. The van der Waals surface area contributed by atoms with Crippen LogP contribution in [0.2, 0.25) is 0 Å². The van der Waals surface area contributed by atoms with E-state index in [9.17, 15) is 27.9 Å². The molecule has 1 aliphatic heterocycles. The Bertz CT molecular complexity index is 894. The first kappa shape index (κ1) is 18.7. The molecule has 0 fully saturated rings. The van der Waals surface area contributed by atoms with Crippen LogP contribution in [0, 0.1) is 0 Å². The van der Waals surface area contributed by atoms with Gasteiger partial charge in [-0.2, -0.15) is 18.3 Å². The van der Waals surface area contributed by atoms with Crippen molar-refractivity contribution in [3.05, 3.63) is 30.6 Å². The average molecular weight is 382 g/mol. The molecule has 7 nitrogen and oxygen atoms in total. The van der Waals surface area contributed by atoms with Crippen molar-refractivity contribution in [2.45, 2.75) is 32.6 Å². The highest BCUT2D eigenvalue weighted by atomic mass is 19.4. The van der Waals surface area contributed by atoms with Crippen molar-refractivity contribution in [2.24, 2.45) is 0 Å². The van der Waals surface area contributed by atoms with E-state index in [2.05, 4.69) is 5.10 Å². The van der Waals surface area contributed by atoms with Gasteiger partial charge in [0.2, 0.25) is 5.91 Å². The molecule has 0 bridgehead atoms. The number of carbonyl (C=O) groups is 2. The van der Waals surface area contributed by atoms with Gasteiger partial charge in [-0.15, -0.1) is 0 Å². The molecule has 1 aromatic carbocycles. The highest BCUT2D eigenvalue weighted by Gasteiger charge is 2.34. The number of rotatable bonds is 2. The van der Waals surface area contributed by atoms with Crippen molar-refractivity contribution in [3.63, 3.8) is 0 Å². The van der Waals surface area contributed by atoms with Gasteiger partial charge in [-0.1, -0.05) is 6.07 Å². The molecule has 144 valence electrons. The number of carboxylic acid groups (broad SMARTS) is 1. The highest BCUT2D eigenvalue weighted by molar-refractivity contribution is 6.02. The lowest BCUT2D eigenvalue weighted by Crippen LogP contribution is -2.51. The Balaban J connectivity index is 2.03. The fourth-order valence-corrected chi connectivity index (χ4v) is 3.25. The SMILES string of the molecule is CC(=O)N1c2ccc(-c3cnn(CC(F)(F)F)c3)cc2N(C(=O)O)C[C@@H]1C. The Hall–Kier alpha value is -3.04. The lowest BCUT2D eigenvalue weighted by atomic mass is 10.0. The summed E-state index contributed by atoms with van der Waals surface area (Å²) in [5, 5.41) is 13.2. The van der Waals surface area contributed by atoms with E-state index in [0.717, 1.165) is 9.58 Å². The monoisotopic (exact) mass is 382 g/mol. The first-order valence-electron chi connectivity index (χ1n) is 8.10. The summed E-state index contributed by atoms with van der Waals surface area (Å²) in [6.45, 7) is 2.02. The number of aromatic nitrogens is 2. The predicted octanol–water partition coefficient (Wildman–Crippen LogP) is 3.35. The number of anilines is 2. The van der Waals surface area contributed by atoms with E-state index in [0.29, 0.717) is 22.5 Å². The summed E-state index contributed by atoms with van der Waals surface area (Å²) < 4.78 is 38.3. The van der Waals surface area contributed by atoms with E-state index in [1.807, 2.05) is 0 Å². The highest BCUT2D eigenvalue weighted by Crippen LogP contribution is 2.38. The Labute approximate surface area is 152 Å². The molecule has 2 amide bonds. The minimum absolute atomic E-state index is 0.0959. The van der Waals surface area contributed by atoms with E-state index < -0.39 is 18.8 Å². The molecule has 0 aliphatic carbocycles. The van der Waals surface area contributed by atoms with E-state index >= 15 is 0 Å². The molecule has 3 rings (SSSR count). The zero-order chi connectivity index (χ0) is 19.9. The number of halogens is 3. The van der Waals surface area contributed by atoms with Gasteiger partial charge in [0.05, 0.1) is 23.6 Å². The lowest BCUT2D eigenvalue weighted by molar-refractivity contribution is -0.142. The van der Waals surface area contributed by atoms with Gasteiger partial charge in [-0.25, -0.2) is 4.79 Å². The first-order chi connectivity index (χ1) is 12.6. The molecule has 2 heterocycles. The maximum Gasteiger partial charge on any atom is 0.411 e. The van der Waals surface area contributed by atoms with Gasteiger partial charge < -0.3 is 10.0 Å². The fourth-order valence-electron chi connectivity index (χ4n) is 3.25. The Morgan fingerprint density at radius 3 is 2.56 bits per heavy atom. The van der Waals surface area contributed by atoms with Crippen molar-refractivity contribution < 1.29 is 27.9 Å². The van der Waals surface area contributed by atoms with Crippen LogP contribution < -0.4 is 9.80 Å². The van der Waals surface area contributed by atoms with Crippen LogP contribution in [0.25, 0.3) is 11.1 Å². The second kappa shape index (κ2) is 6.60. The molecule has 1 aliphatic rings. The average Bonchev–Trinajstić information content (AvgIpc) is 2.99. The van der Waals surface area contributed by atoms with Gasteiger partial charge in [0.15, 0.2) is 0 Å². The maximum absolute atomic E-state index is 12.5. The van der Waals surface area contributed by atoms with Crippen LogP contribution in [-0.4, -0.2) is 45.7 Å². The van der Waals surface area contributed by atoms with E-state index in [4.69, 9.17) is 0 Å². The largest absolute Gasteiger partial charge is 0.465 e. The molecule has 1 N–H and O–H groups in total. The number of benzene rings is 1. The number of nitrogens with zero attached hydrogens (tertiary/aromatic N) is 4. The quantitative estimate of drug-likeness (QED) is 0.864. The lowest BCUT2D eigenvalue weighted by Gasteiger charge is -2.39. The third kappa shape index (κ3) is 3.74. The zero-order valence-corrected chi connectivity index (χ0v) is 14.6. The molecule has 1 aromatic heterocycles. The number of alkyl halides is 3. The minimum atomic E-state index is -4.39. The van der Waals surface area contributed by atoms with Gasteiger partial charge >= 0.3 is 12.3 Å². The molecule has 0 saturated carbocycles. The Morgan fingerprint density at radius 2 is 1.96 bits per heavy atom. The van der Waals surface area contributed by atoms with Gasteiger partial charge in [0, 0.05) is 25.2 Å². The zero-order valence-electron chi connectivity index (χ0n) is 14.6. The smallest absolute Gasteiger partial charge is 0.411 e. The van der Waals surface area contributed by atoms with Crippen LogP contribution in [-0.2, 0) is 11.3 Å². The summed E-state index contributed by atoms with van der Waals surface area (Å²) in [5.74, 6) is -0.223. The van der Waals surface area contributed by atoms with Gasteiger partial charge in [-0.05, 0) is 24.6 Å². The molecule has 0 radical (unpaired) electrons. The molecule has 0 saturated heterocycles. The second-order valence-corrected chi connectivity index (χ2v) is 6.38. The molecule has 0 unspecified atom stereocenters. The summed E-state index contributed by atoms with van der Waals surface area (Å²) in [6, 6.07) is 4.42. The summed E-state index contributed by atoms with van der Waals surface area (Å²) in [4.78, 5) is 26.2. The molecule has 27 heavy (non-hydrogen) atoms. The Kier molecular flexibility index (Phi) is 4.58. The number of hydrogen-bond acceptors (Lipinski definition) is 3. The topological polar surface area (TPSA) is 78.7 Å². The van der Waals surface area contributed by atoms with Crippen LogP contribution in [0.4, 0.5) is 29.3 Å². The molecule has 10 heteroatoms. The van der Waals surface area contributed by atoms with Crippen LogP contribution in [0.1, 0.15) is 13.8 Å². The summed E-state index contributed by atoms with van der Waals surface area (Å²) in [6.07, 6.45) is -3.03. The van der Waals surface area contributed by atoms with Gasteiger partial charge in [-0.3, -0.25) is 14.4 Å². The summed E-state index contributed by atoms with van der Waals surface area (Å²) in [5.41, 5.74) is 1.67. The minimum Gasteiger partial charge on any atom is -0.465 e. The molecule has 1 atom stereocenters. The third-order valence-corrected chi connectivity index (χ3v) is 4.29. The van der Waals surface area contributed by atoms with E-state index in [1.54, 1.807) is 25.1 Å². The van der Waals surface area contributed by atoms with Gasteiger partial charge in [0.25, 0.3) is 0 Å². The number of hydrogen-bond donors (Lipinski definition) is 1. The molecular weight excluding hydrogens is 365 g/mol. The predicted molar refractivity (Wildman–Crippen MR) is 91.7 cm³/mol. The van der Waals surface area contributed by atoms with Crippen LogP contribution in [0.15, 0.2) is 30.6 Å². The molecule has 2 aromatic rings. The van der Waals surface area contributed by atoms with Crippen molar-refractivity contribution in [1.82, 2.24) is 9.78 Å². The van der Waals surface area contributed by atoms with Crippen LogP contribution in [0.5, 0.6) is 0 Å². The van der Waals surface area contributed by atoms with E-state index in [1.165, 1.54) is 24.2 Å². The number of amides is 2. The fraction of sp³-hybridized carbons (Fsp3) is 0.353. The second-order valence-electron chi connectivity index (χ2n) is 6.38. The maximum atomic E-state index is 12.5. The standard InChI is InChI=1S/C17H17F3N4O3/c1-10-7-23(16(26)27)15-5-12(3-4-14(15)24(10)11(2)25)13-6-21-22(8-13)9-17(18,19)20/h3-6,8,10H,7,9H2,1-2H3,(H,26,27)/t10-/m0/s1. The first-order valence-corrected chi connectivity index (χ1v) is 8.10. The third-order valence-electron chi connectivity index (χ3n) is 4.29. The Morgan fingerprint density at radius 1 is 1.26 bits per heavy atom. The summed E-state index contributed by atoms with van der Waals surface area (Å²) in [7, 11) is 0. The normalized spacial score (nSPS) is 17.0. The molecule has 0 spiro atoms. The molecular formula is C17H17F3N4O3. The van der Waals surface area contributed by atoms with Crippen LogP contribution >= 0.6 is 0 Å². The van der Waals surface area contributed by atoms with Crippen molar-refractivity contribution in [3.8, 4) is 11.1 Å². The van der Waals surface area contributed by atoms with Gasteiger partial charge in [0.1, 0.15) is 6.54 Å². The number of carbonyl (C=O) groups excluding carboxylic acids is 1. The van der Waals surface area contributed by atoms with Crippen molar-refractivity contribution in [2.75, 3.05) is 16.3 Å². The van der Waals surface area contributed by atoms with Crippen LogP contribution in [0.3, 0.4) is 0 Å². The van der Waals surface area contributed by atoms with E-state index in [-0.39, 0.29) is 18.5 Å². The number of fused-ring (bicyclic) bond motifs is 1.